The minimum absolute atomic E-state index is 0.0509. The Labute approximate surface area is 101 Å². The van der Waals surface area contributed by atoms with E-state index in [4.69, 9.17) is 9.84 Å². The van der Waals surface area contributed by atoms with Crippen molar-refractivity contribution < 1.29 is 27.4 Å². The SMILES string of the molecule is OCC1CC(Oc2ccc(C(F)(F)F)cc2F)C1. The Balaban J connectivity index is 2.02. The van der Waals surface area contributed by atoms with Gasteiger partial charge in [0.1, 0.15) is 0 Å². The van der Waals surface area contributed by atoms with Crippen LogP contribution in [-0.4, -0.2) is 17.8 Å². The molecule has 6 heteroatoms. The van der Waals surface area contributed by atoms with Crippen LogP contribution in [0.4, 0.5) is 17.6 Å². The van der Waals surface area contributed by atoms with Gasteiger partial charge in [0, 0.05) is 6.61 Å². The summed E-state index contributed by atoms with van der Waals surface area (Å²) in [5, 5.41) is 8.80. The molecular weight excluding hydrogens is 252 g/mol. The lowest BCUT2D eigenvalue weighted by molar-refractivity contribution is -0.137. The first kappa shape index (κ1) is 13.1. The average molecular weight is 264 g/mol. The van der Waals surface area contributed by atoms with E-state index >= 15 is 0 Å². The van der Waals surface area contributed by atoms with Crippen LogP contribution < -0.4 is 4.74 Å². The maximum absolute atomic E-state index is 13.4. The van der Waals surface area contributed by atoms with E-state index in [9.17, 15) is 17.6 Å². The predicted octanol–water partition coefficient (Wildman–Crippen LogP) is 2.99. The van der Waals surface area contributed by atoms with Gasteiger partial charge in [-0.2, -0.15) is 13.2 Å². The Kier molecular flexibility index (Phi) is 3.47. The first-order valence-electron chi connectivity index (χ1n) is 5.54. The molecule has 2 nitrogen and oxygen atoms in total. The number of hydrogen-bond acceptors (Lipinski definition) is 2. The van der Waals surface area contributed by atoms with Crippen LogP contribution in [0.3, 0.4) is 0 Å². The number of aliphatic hydroxyl groups is 1. The molecule has 0 aromatic heterocycles. The summed E-state index contributed by atoms with van der Waals surface area (Å²) in [4.78, 5) is 0. The molecule has 1 aromatic rings. The van der Waals surface area contributed by atoms with Crippen molar-refractivity contribution >= 4 is 0 Å². The molecule has 0 bridgehead atoms. The first-order valence-corrected chi connectivity index (χ1v) is 5.54. The molecule has 0 atom stereocenters. The molecule has 0 spiro atoms. The summed E-state index contributed by atoms with van der Waals surface area (Å²) < 4.78 is 55.5. The molecule has 1 aromatic carbocycles. The third kappa shape index (κ3) is 2.75. The van der Waals surface area contributed by atoms with E-state index in [0.29, 0.717) is 18.9 Å². The summed E-state index contributed by atoms with van der Waals surface area (Å²) in [6, 6.07) is 2.21. The second-order valence-corrected chi connectivity index (χ2v) is 4.40. The van der Waals surface area contributed by atoms with E-state index < -0.39 is 17.6 Å². The molecule has 0 aliphatic heterocycles. The van der Waals surface area contributed by atoms with Crippen molar-refractivity contribution in [2.24, 2.45) is 5.92 Å². The zero-order valence-corrected chi connectivity index (χ0v) is 9.38. The van der Waals surface area contributed by atoms with Crippen molar-refractivity contribution in [1.29, 1.82) is 0 Å². The highest BCUT2D eigenvalue weighted by Crippen LogP contribution is 2.35. The number of aliphatic hydroxyl groups excluding tert-OH is 1. The van der Waals surface area contributed by atoms with Crippen molar-refractivity contribution in [1.82, 2.24) is 0 Å². The van der Waals surface area contributed by atoms with Crippen LogP contribution in [0.15, 0.2) is 18.2 Å². The minimum atomic E-state index is -4.56. The second-order valence-electron chi connectivity index (χ2n) is 4.40. The van der Waals surface area contributed by atoms with Crippen molar-refractivity contribution in [3.05, 3.63) is 29.6 Å². The molecule has 0 heterocycles. The molecule has 1 fully saturated rings. The Morgan fingerprint density at radius 3 is 2.44 bits per heavy atom. The van der Waals surface area contributed by atoms with Gasteiger partial charge in [-0.1, -0.05) is 0 Å². The maximum atomic E-state index is 13.4. The van der Waals surface area contributed by atoms with Gasteiger partial charge in [0.2, 0.25) is 0 Å². The number of halogens is 4. The highest BCUT2D eigenvalue weighted by atomic mass is 19.4. The molecule has 0 amide bonds. The Bertz CT molecular complexity index is 425. The number of benzene rings is 1. The smallest absolute Gasteiger partial charge is 0.416 e. The lowest BCUT2D eigenvalue weighted by Crippen LogP contribution is -2.35. The first-order chi connectivity index (χ1) is 8.40. The van der Waals surface area contributed by atoms with Crippen LogP contribution in [0.2, 0.25) is 0 Å². The van der Waals surface area contributed by atoms with Gasteiger partial charge in [0.25, 0.3) is 0 Å². The van der Waals surface area contributed by atoms with E-state index in [1.165, 1.54) is 0 Å². The van der Waals surface area contributed by atoms with Crippen LogP contribution in [0, 0.1) is 11.7 Å². The average Bonchev–Trinajstić information content (AvgIpc) is 2.23. The summed E-state index contributed by atoms with van der Waals surface area (Å²) >= 11 is 0. The third-order valence-electron chi connectivity index (χ3n) is 3.00. The van der Waals surface area contributed by atoms with E-state index in [-0.39, 0.29) is 24.4 Å². The zero-order chi connectivity index (χ0) is 13.3. The molecule has 1 aliphatic carbocycles. The zero-order valence-electron chi connectivity index (χ0n) is 9.38. The fourth-order valence-electron chi connectivity index (χ4n) is 1.87. The van der Waals surface area contributed by atoms with Crippen molar-refractivity contribution in [2.45, 2.75) is 25.1 Å². The fraction of sp³-hybridized carbons (Fsp3) is 0.500. The fourth-order valence-corrected chi connectivity index (χ4v) is 1.87. The number of alkyl halides is 3. The Morgan fingerprint density at radius 2 is 1.94 bits per heavy atom. The normalized spacial score (nSPS) is 23.6. The highest BCUT2D eigenvalue weighted by Gasteiger charge is 2.33. The Morgan fingerprint density at radius 1 is 1.28 bits per heavy atom. The van der Waals surface area contributed by atoms with Crippen LogP contribution in [0.25, 0.3) is 0 Å². The molecule has 0 saturated heterocycles. The van der Waals surface area contributed by atoms with Crippen molar-refractivity contribution in [3.63, 3.8) is 0 Å². The van der Waals surface area contributed by atoms with Gasteiger partial charge in [-0.3, -0.25) is 0 Å². The summed E-state index contributed by atoms with van der Waals surface area (Å²) in [5.74, 6) is -1.05. The summed E-state index contributed by atoms with van der Waals surface area (Å²) in [5.41, 5.74) is -1.03. The van der Waals surface area contributed by atoms with Crippen molar-refractivity contribution in [2.75, 3.05) is 6.61 Å². The molecule has 2 rings (SSSR count). The minimum Gasteiger partial charge on any atom is -0.487 e. The number of hydrogen-bond donors (Lipinski definition) is 1. The lowest BCUT2D eigenvalue weighted by atomic mass is 9.83. The monoisotopic (exact) mass is 264 g/mol. The second kappa shape index (κ2) is 4.76. The van der Waals surface area contributed by atoms with E-state index in [1.54, 1.807) is 0 Å². The topological polar surface area (TPSA) is 29.5 Å². The van der Waals surface area contributed by atoms with Crippen LogP contribution >= 0.6 is 0 Å². The van der Waals surface area contributed by atoms with Crippen molar-refractivity contribution in [3.8, 4) is 5.75 Å². The molecule has 0 radical (unpaired) electrons. The van der Waals surface area contributed by atoms with Crippen LogP contribution in [0.5, 0.6) is 5.75 Å². The lowest BCUT2D eigenvalue weighted by Gasteiger charge is -2.34. The number of rotatable bonds is 3. The summed E-state index contributed by atoms with van der Waals surface area (Å²) in [6.07, 6.45) is -3.60. The van der Waals surface area contributed by atoms with Gasteiger partial charge in [-0.25, -0.2) is 4.39 Å². The quantitative estimate of drug-likeness (QED) is 0.850. The van der Waals surface area contributed by atoms with Gasteiger partial charge in [-0.15, -0.1) is 0 Å². The third-order valence-corrected chi connectivity index (χ3v) is 3.00. The molecule has 100 valence electrons. The standard InChI is InChI=1S/C12H12F4O2/c13-10-5-8(12(14,15)16)1-2-11(10)18-9-3-7(4-9)6-17/h1-2,5,7,9,17H,3-4,6H2. The number of ether oxygens (including phenoxy) is 1. The summed E-state index contributed by atoms with van der Waals surface area (Å²) in [6.45, 7) is 0.0509. The maximum Gasteiger partial charge on any atom is 0.416 e. The largest absolute Gasteiger partial charge is 0.487 e. The van der Waals surface area contributed by atoms with E-state index in [2.05, 4.69) is 0 Å². The van der Waals surface area contributed by atoms with Gasteiger partial charge >= 0.3 is 6.18 Å². The molecule has 0 unspecified atom stereocenters. The van der Waals surface area contributed by atoms with Gasteiger partial charge in [0.15, 0.2) is 11.6 Å². The van der Waals surface area contributed by atoms with Gasteiger partial charge in [0.05, 0.1) is 11.7 Å². The molecule has 1 aliphatic rings. The van der Waals surface area contributed by atoms with Gasteiger partial charge < -0.3 is 9.84 Å². The summed E-state index contributed by atoms with van der Waals surface area (Å²) in [7, 11) is 0. The molecule has 1 N–H and O–H groups in total. The molecule has 18 heavy (non-hydrogen) atoms. The predicted molar refractivity (Wildman–Crippen MR) is 55.6 cm³/mol. The highest BCUT2D eigenvalue weighted by molar-refractivity contribution is 5.31. The van der Waals surface area contributed by atoms with Crippen LogP contribution in [0.1, 0.15) is 18.4 Å². The Hall–Kier alpha value is -1.30. The van der Waals surface area contributed by atoms with Crippen LogP contribution in [-0.2, 0) is 6.18 Å². The van der Waals surface area contributed by atoms with E-state index in [1.807, 2.05) is 0 Å². The molecular formula is C12H12F4O2. The van der Waals surface area contributed by atoms with E-state index in [0.717, 1.165) is 12.1 Å². The molecule has 1 saturated carbocycles. The van der Waals surface area contributed by atoms with Gasteiger partial charge in [-0.05, 0) is 37.0 Å².